The van der Waals surface area contributed by atoms with Gasteiger partial charge in [0.2, 0.25) is 0 Å². The molecule has 0 saturated heterocycles. The number of hydrogen-bond acceptors (Lipinski definition) is 1. The summed E-state index contributed by atoms with van der Waals surface area (Å²) in [7, 11) is 0. The fourth-order valence-corrected chi connectivity index (χ4v) is 1.45. The molecule has 0 N–H and O–H groups in total. The highest BCUT2D eigenvalue weighted by Crippen LogP contribution is 2.29. The second-order valence-electron chi connectivity index (χ2n) is 2.90. The van der Waals surface area contributed by atoms with Crippen LogP contribution in [-0.4, -0.2) is 0 Å². The van der Waals surface area contributed by atoms with Gasteiger partial charge in [-0.2, -0.15) is 0 Å². The summed E-state index contributed by atoms with van der Waals surface area (Å²) in [5.41, 5.74) is 2.22. The molecule has 0 amide bonds. The van der Waals surface area contributed by atoms with Gasteiger partial charge in [0.05, 0.1) is 6.26 Å². The fraction of sp³-hybridized carbons (Fsp3) is 0.200. The van der Waals surface area contributed by atoms with Gasteiger partial charge in [-0.15, -0.1) is 0 Å². The van der Waals surface area contributed by atoms with Crippen LogP contribution in [0.4, 0.5) is 0 Å². The van der Waals surface area contributed by atoms with Crippen molar-refractivity contribution in [3.05, 3.63) is 40.6 Å². The van der Waals surface area contributed by atoms with E-state index in [2.05, 4.69) is 0 Å². The summed E-state index contributed by atoms with van der Waals surface area (Å²) in [6.45, 7) is 1.98. The van der Waals surface area contributed by atoms with E-state index >= 15 is 0 Å². The molecule has 1 aromatic carbocycles. The van der Waals surface area contributed by atoms with Gasteiger partial charge in [0.1, 0.15) is 5.75 Å². The second-order valence-corrected chi connectivity index (χ2v) is 3.31. The Kier molecular flexibility index (Phi) is 1.81. The summed E-state index contributed by atoms with van der Waals surface area (Å²) >= 11 is 5.97. The molecule has 1 aliphatic heterocycles. The molecule has 1 nitrogen and oxygen atoms in total. The smallest absolute Gasteiger partial charge is 0.130 e. The largest absolute Gasteiger partial charge is 0.465 e. The molecule has 0 bridgehead atoms. The van der Waals surface area contributed by atoms with Crippen LogP contribution in [0, 0.1) is 6.92 Å². The lowest BCUT2D eigenvalue weighted by molar-refractivity contribution is 0.464. The van der Waals surface area contributed by atoms with Gasteiger partial charge in [0.15, 0.2) is 0 Å². The Balaban J connectivity index is 2.53. The van der Waals surface area contributed by atoms with Crippen LogP contribution < -0.4 is 4.74 Å². The predicted octanol–water partition coefficient (Wildman–Crippen LogP) is 3.10. The number of aryl methyl sites for hydroxylation is 1. The van der Waals surface area contributed by atoms with Crippen molar-refractivity contribution in [2.75, 3.05) is 0 Å². The first-order valence-electron chi connectivity index (χ1n) is 3.88. The average Bonchev–Trinajstić information content (AvgIpc) is 2.07. The first-order valence-corrected chi connectivity index (χ1v) is 4.26. The molecule has 1 aliphatic rings. The highest BCUT2D eigenvalue weighted by Gasteiger charge is 2.08. The van der Waals surface area contributed by atoms with Crippen molar-refractivity contribution >= 4 is 11.6 Å². The Morgan fingerprint density at radius 3 is 3.08 bits per heavy atom. The lowest BCUT2D eigenvalue weighted by atomic mass is 10.1. The third kappa shape index (κ3) is 1.21. The predicted molar refractivity (Wildman–Crippen MR) is 49.7 cm³/mol. The number of hydrogen-bond donors (Lipinski definition) is 0. The first kappa shape index (κ1) is 7.69. The van der Waals surface area contributed by atoms with Crippen LogP contribution in [0.25, 0.3) is 0 Å². The maximum absolute atomic E-state index is 5.97. The van der Waals surface area contributed by atoms with Gasteiger partial charge in [-0.3, -0.25) is 0 Å². The van der Waals surface area contributed by atoms with Crippen LogP contribution in [-0.2, 0) is 6.42 Å². The molecule has 62 valence electrons. The number of benzene rings is 1. The van der Waals surface area contributed by atoms with Gasteiger partial charge in [0.25, 0.3) is 0 Å². The van der Waals surface area contributed by atoms with Gasteiger partial charge in [-0.1, -0.05) is 11.6 Å². The molecule has 0 unspecified atom stereocenters. The quantitative estimate of drug-likeness (QED) is 0.596. The van der Waals surface area contributed by atoms with E-state index in [-0.39, 0.29) is 0 Å². The number of rotatable bonds is 0. The van der Waals surface area contributed by atoms with Gasteiger partial charge in [-0.25, -0.2) is 0 Å². The van der Waals surface area contributed by atoms with E-state index in [4.69, 9.17) is 16.3 Å². The first-order chi connectivity index (χ1) is 5.77. The van der Waals surface area contributed by atoms with E-state index in [1.54, 1.807) is 6.26 Å². The van der Waals surface area contributed by atoms with Gasteiger partial charge in [-0.05, 0) is 37.1 Å². The van der Waals surface area contributed by atoms with E-state index in [1.165, 1.54) is 0 Å². The van der Waals surface area contributed by atoms with E-state index in [0.29, 0.717) is 0 Å². The summed E-state index contributed by atoms with van der Waals surface area (Å²) in [6, 6.07) is 3.94. The van der Waals surface area contributed by atoms with Crippen molar-refractivity contribution in [2.24, 2.45) is 0 Å². The third-order valence-corrected chi connectivity index (χ3v) is 2.38. The minimum Gasteiger partial charge on any atom is -0.465 e. The molecule has 0 atom stereocenters. The maximum Gasteiger partial charge on any atom is 0.130 e. The zero-order valence-electron chi connectivity index (χ0n) is 6.80. The number of halogens is 1. The molecule has 0 aromatic heterocycles. The molecule has 0 aliphatic carbocycles. The number of fused-ring (bicyclic) bond motifs is 1. The van der Waals surface area contributed by atoms with Gasteiger partial charge in [0, 0.05) is 10.6 Å². The standard InChI is InChI=1S/C10H9ClO/c1-7-5-10-8(6-9(7)11)3-2-4-12-10/h2,4-6H,3H2,1H3. The number of ether oxygens (including phenoxy) is 1. The minimum atomic E-state index is 0.813. The van der Waals surface area contributed by atoms with Crippen LogP contribution >= 0.6 is 11.6 Å². The average molecular weight is 181 g/mol. The molecular formula is C10H9ClO. The van der Waals surface area contributed by atoms with Crippen LogP contribution in [0.15, 0.2) is 24.5 Å². The van der Waals surface area contributed by atoms with E-state index in [9.17, 15) is 0 Å². The molecule has 0 radical (unpaired) electrons. The molecule has 1 aromatic rings. The molecule has 12 heavy (non-hydrogen) atoms. The Morgan fingerprint density at radius 2 is 2.25 bits per heavy atom. The van der Waals surface area contributed by atoms with E-state index < -0.39 is 0 Å². The van der Waals surface area contributed by atoms with Crippen molar-refractivity contribution in [3.63, 3.8) is 0 Å². The zero-order valence-corrected chi connectivity index (χ0v) is 7.56. The Labute approximate surface area is 76.6 Å². The second kappa shape index (κ2) is 2.83. The normalized spacial score (nSPS) is 13.8. The Bertz CT molecular complexity index is 309. The molecule has 2 rings (SSSR count). The monoisotopic (exact) mass is 180 g/mol. The van der Waals surface area contributed by atoms with E-state index in [0.717, 1.165) is 28.3 Å². The summed E-state index contributed by atoms with van der Waals surface area (Å²) in [5, 5.41) is 0.813. The summed E-state index contributed by atoms with van der Waals surface area (Å²) < 4.78 is 5.32. The van der Waals surface area contributed by atoms with Crippen molar-refractivity contribution in [1.29, 1.82) is 0 Å². The SMILES string of the molecule is Cc1cc2c(cc1Cl)CC=CO2. The lowest BCUT2D eigenvalue weighted by Crippen LogP contribution is -1.96. The lowest BCUT2D eigenvalue weighted by Gasteiger charge is -2.12. The minimum absolute atomic E-state index is 0.813. The molecule has 2 heteroatoms. The third-order valence-electron chi connectivity index (χ3n) is 1.97. The van der Waals surface area contributed by atoms with Crippen LogP contribution in [0.2, 0.25) is 5.02 Å². The molecular weight excluding hydrogens is 172 g/mol. The van der Waals surface area contributed by atoms with Crippen LogP contribution in [0.1, 0.15) is 11.1 Å². The van der Waals surface area contributed by atoms with Crippen LogP contribution in [0.5, 0.6) is 5.75 Å². The van der Waals surface area contributed by atoms with Crippen molar-refractivity contribution in [1.82, 2.24) is 0 Å². The van der Waals surface area contributed by atoms with Crippen molar-refractivity contribution in [3.8, 4) is 5.75 Å². The zero-order chi connectivity index (χ0) is 8.55. The molecule has 0 fully saturated rings. The van der Waals surface area contributed by atoms with Crippen molar-refractivity contribution < 1.29 is 4.74 Å². The molecule has 1 heterocycles. The summed E-state index contributed by atoms with van der Waals surface area (Å²) in [6.07, 6.45) is 4.61. The fourth-order valence-electron chi connectivity index (χ4n) is 1.26. The maximum atomic E-state index is 5.97. The topological polar surface area (TPSA) is 9.23 Å². The summed E-state index contributed by atoms with van der Waals surface area (Å²) in [4.78, 5) is 0. The highest BCUT2D eigenvalue weighted by molar-refractivity contribution is 6.31. The molecule has 0 spiro atoms. The van der Waals surface area contributed by atoms with E-state index in [1.807, 2.05) is 25.1 Å². The highest BCUT2D eigenvalue weighted by atomic mass is 35.5. The summed E-state index contributed by atoms with van der Waals surface area (Å²) in [5.74, 6) is 0.930. The van der Waals surface area contributed by atoms with Crippen molar-refractivity contribution in [2.45, 2.75) is 13.3 Å². The van der Waals surface area contributed by atoms with Crippen LogP contribution in [0.3, 0.4) is 0 Å². The Hall–Kier alpha value is -0.950. The van der Waals surface area contributed by atoms with Gasteiger partial charge >= 0.3 is 0 Å². The number of allylic oxidation sites excluding steroid dienone is 1. The van der Waals surface area contributed by atoms with Gasteiger partial charge < -0.3 is 4.74 Å². The Morgan fingerprint density at radius 1 is 1.42 bits per heavy atom. The molecule has 0 saturated carbocycles.